The Hall–Kier alpha value is -3.23. The Balaban J connectivity index is 1.72. The third kappa shape index (κ3) is 4.03. The fraction of sp³-hybridized carbons (Fsp3) is 0.100. The Kier molecular flexibility index (Phi) is 5.43. The van der Waals surface area contributed by atoms with Crippen molar-refractivity contribution < 1.29 is 18.0 Å². The highest BCUT2D eigenvalue weighted by Gasteiger charge is 2.19. The number of nitrogens with one attached hydrogen (secondary N) is 2. The lowest BCUT2D eigenvalue weighted by atomic mass is 10.1. The summed E-state index contributed by atoms with van der Waals surface area (Å²) in [6, 6.07) is 18.4. The first-order valence-corrected chi connectivity index (χ1v) is 9.85. The Morgan fingerprint density at radius 3 is 2.00 bits per heavy atom. The topological polar surface area (TPSA) is 95.6 Å². The minimum absolute atomic E-state index is 0.00833. The molecule has 2 N–H and O–H groups in total. The first-order valence-electron chi connectivity index (χ1n) is 8.41. The summed E-state index contributed by atoms with van der Waals surface area (Å²) in [6.45, 7) is 0. The maximum atomic E-state index is 12.3. The monoisotopic (exact) mass is 397 g/mol. The van der Waals surface area contributed by atoms with Crippen molar-refractivity contribution in [2.45, 2.75) is 4.90 Å². The van der Waals surface area contributed by atoms with E-state index in [2.05, 4.69) is 10.9 Å². The number of nitrogens with zero attached hydrogens (tertiary/aromatic N) is 1. The van der Waals surface area contributed by atoms with Crippen molar-refractivity contribution in [1.29, 1.82) is 0 Å². The summed E-state index contributed by atoms with van der Waals surface area (Å²) >= 11 is 0. The summed E-state index contributed by atoms with van der Waals surface area (Å²) in [5.74, 6) is -1.10. The van der Waals surface area contributed by atoms with Crippen molar-refractivity contribution in [3.63, 3.8) is 0 Å². The number of hydrogen-bond acceptors (Lipinski definition) is 4. The van der Waals surface area contributed by atoms with Gasteiger partial charge in [0.2, 0.25) is 10.0 Å². The van der Waals surface area contributed by atoms with Crippen LogP contribution in [-0.4, -0.2) is 38.6 Å². The van der Waals surface area contributed by atoms with Gasteiger partial charge in [-0.1, -0.05) is 36.4 Å². The van der Waals surface area contributed by atoms with Gasteiger partial charge < -0.3 is 0 Å². The van der Waals surface area contributed by atoms with Crippen molar-refractivity contribution >= 4 is 32.6 Å². The maximum Gasteiger partial charge on any atom is 0.269 e. The summed E-state index contributed by atoms with van der Waals surface area (Å²) in [7, 11) is -0.845. The van der Waals surface area contributed by atoms with E-state index in [0.29, 0.717) is 5.56 Å². The van der Waals surface area contributed by atoms with Gasteiger partial charge in [0.25, 0.3) is 11.8 Å². The summed E-state index contributed by atoms with van der Waals surface area (Å²) in [5.41, 5.74) is 5.16. The van der Waals surface area contributed by atoms with E-state index < -0.39 is 21.8 Å². The predicted molar refractivity (Wildman–Crippen MR) is 106 cm³/mol. The molecule has 0 spiro atoms. The van der Waals surface area contributed by atoms with E-state index in [4.69, 9.17) is 0 Å². The maximum absolute atomic E-state index is 12.3. The average molecular weight is 397 g/mol. The van der Waals surface area contributed by atoms with Crippen LogP contribution in [0, 0.1) is 0 Å². The zero-order valence-corrected chi connectivity index (χ0v) is 16.2. The molecule has 0 radical (unpaired) electrons. The molecule has 0 fully saturated rings. The van der Waals surface area contributed by atoms with Gasteiger partial charge in [0.1, 0.15) is 0 Å². The van der Waals surface area contributed by atoms with Crippen LogP contribution in [0.4, 0.5) is 0 Å². The minimum atomic E-state index is -3.66. The Bertz CT molecular complexity index is 1160. The van der Waals surface area contributed by atoms with Crippen LogP contribution in [-0.2, 0) is 10.0 Å². The molecule has 2 amide bonds. The zero-order chi connectivity index (χ0) is 20.3. The molecule has 3 aromatic carbocycles. The van der Waals surface area contributed by atoms with Gasteiger partial charge in [0.15, 0.2) is 0 Å². The van der Waals surface area contributed by atoms with Crippen molar-refractivity contribution in [1.82, 2.24) is 15.2 Å². The lowest BCUT2D eigenvalue weighted by Gasteiger charge is -2.12. The number of sulfonamides is 1. The average Bonchev–Trinajstić information content (AvgIpc) is 2.71. The first-order chi connectivity index (χ1) is 13.3. The van der Waals surface area contributed by atoms with Crippen LogP contribution in [0.3, 0.4) is 0 Å². The molecule has 0 saturated heterocycles. The number of carbonyl (C=O) groups is 2. The van der Waals surface area contributed by atoms with E-state index in [1.54, 1.807) is 12.1 Å². The number of amides is 2. The van der Waals surface area contributed by atoms with Crippen molar-refractivity contribution in [3.05, 3.63) is 77.9 Å². The van der Waals surface area contributed by atoms with E-state index in [0.717, 1.165) is 15.1 Å². The van der Waals surface area contributed by atoms with E-state index in [9.17, 15) is 18.0 Å². The molecule has 0 aliphatic heterocycles. The second-order valence-corrected chi connectivity index (χ2v) is 8.44. The Labute approximate surface area is 163 Å². The molecule has 3 aromatic rings. The quantitative estimate of drug-likeness (QED) is 0.660. The van der Waals surface area contributed by atoms with Crippen LogP contribution in [0.2, 0.25) is 0 Å². The van der Waals surface area contributed by atoms with Crippen molar-refractivity contribution in [2.75, 3.05) is 14.1 Å². The molecule has 0 unspecified atom stereocenters. The second kappa shape index (κ2) is 7.79. The number of hydrazine groups is 1. The van der Waals surface area contributed by atoms with Crippen molar-refractivity contribution in [3.8, 4) is 0 Å². The molecule has 3 rings (SSSR count). The fourth-order valence-corrected chi connectivity index (χ4v) is 3.55. The van der Waals surface area contributed by atoms with Crippen LogP contribution < -0.4 is 10.9 Å². The van der Waals surface area contributed by atoms with Gasteiger partial charge in [-0.15, -0.1) is 0 Å². The summed E-state index contributed by atoms with van der Waals surface area (Å²) < 4.78 is 25.4. The number of rotatable bonds is 4. The SMILES string of the molecule is CN(C)S(=O)(=O)c1cccc(C(=O)NNC(=O)c2ccc3ccccc3c2)c1. The highest BCUT2D eigenvalue weighted by atomic mass is 32.2. The highest BCUT2D eigenvalue weighted by molar-refractivity contribution is 7.89. The Morgan fingerprint density at radius 1 is 0.750 bits per heavy atom. The molecule has 0 heterocycles. The smallest absolute Gasteiger partial charge is 0.267 e. The van der Waals surface area contributed by atoms with Crippen molar-refractivity contribution in [2.24, 2.45) is 0 Å². The second-order valence-electron chi connectivity index (χ2n) is 6.29. The highest BCUT2D eigenvalue weighted by Crippen LogP contribution is 2.16. The van der Waals surface area contributed by atoms with E-state index >= 15 is 0 Å². The molecule has 0 saturated carbocycles. The summed E-state index contributed by atoms with van der Waals surface area (Å²) in [4.78, 5) is 24.6. The molecule has 0 aliphatic rings. The first kappa shape index (κ1) is 19.5. The summed E-state index contributed by atoms with van der Waals surface area (Å²) in [5, 5.41) is 1.91. The van der Waals surface area contributed by atoms with Crippen LogP contribution in [0.1, 0.15) is 20.7 Å². The Morgan fingerprint density at radius 2 is 1.36 bits per heavy atom. The van der Waals surface area contributed by atoms with Crippen LogP contribution in [0.15, 0.2) is 71.6 Å². The molecule has 144 valence electrons. The molecule has 7 nitrogen and oxygen atoms in total. The fourth-order valence-electron chi connectivity index (χ4n) is 2.60. The molecular formula is C20H19N3O4S. The van der Waals surface area contributed by atoms with Crippen LogP contribution >= 0.6 is 0 Å². The van der Waals surface area contributed by atoms with Gasteiger partial charge in [0, 0.05) is 25.2 Å². The molecule has 8 heteroatoms. The van der Waals surface area contributed by atoms with E-state index in [1.165, 1.54) is 38.4 Å². The van der Waals surface area contributed by atoms with Gasteiger partial charge >= 0.3 is 0 Å². The van der Waals surface area contributed by atoms with E-state index in [1.807, 2.05) is 30.3 Å². The molecule has 0 aliphatic carbocycles. The summed E-state index contributed by atoms with van der Waals surface area (Å²) in [6.07, 6.45) is 0. The molecule has 28 heavy (non-hydrogen) atoms. The van der Waals surface area contributed by atoms with E-state index in [-0.39, 0.29) is 10.5 Å². The van der Waals surface area contributed by atoms with Crippen LogP contribution in [0.25, 0.3) is 10.8 Å². The third-order valence-corrected chi connectivity index (χ3v) is 5.99. The number of benzene rings is 3. The van der Waals surface area contributed by atoms with Gasteiger partial charge in [-0.25, -0.2) is 12.7 Å². The van der Waals surface area contributed by atoms with Gasteiger partial charge in [0.05, 0.1) is 4.90 Å². The lowest BCUT2D eigenvalue weighted by Crippen LogP contribution is -2.41. The number of hydrogen-bond donors (Lipinski definition) is 2. The molecule has 0 atom stereocenters. The lowest BCUT2D eigenvalue weighted by molar-refractivity contribution is 0.0846. The zero-order valence-electron chi connectivity index (χ0n) is 15.3. The normalized spacial score (nSPS) is 11.4. The number of fused-ring (bicyclic) bond motifs is 1. The molecular weight excluding hydrogens is 378 g/mol. The molecule has 0 bridgehead atoms. The molecule has 0 aromatic heterocycles. The van der Waals surface area contributed by atoms with Gasteiger partial charge in [-0.2, -0.15) is 0 Å². The standard InChI is InChI=1S/C20H19N3O4S/c1-23(2)28(26,27)18-9-5-8-16(13-18)19(24)21-22-20(25)17-11-10-14-6-3-4-7-15(14)12-17/h3-13H,1-2H3,(H,21,24)(H,22,25). The predicted octanol–water partition coefficient (Wildman–Crippen LogP) is 2.16. The van der Waals surface area contributed by atoms with Gasteiger partial charge in [-0.3, -0.25) is 20.4 Å². The van der Waals surface area contributed by atoms with Gasteiger partial charge in [-0.05, 0) is 41.1 Å². The van der Waals surface area contributed by atoms with Crippen LogP contribution in [0.5, 0.6) is 0 Å². The number of carbonyl (C=O) groups excluding carboxylic acids is 2. The largest absolute Gasteiger partial charge is 0.269 e. The minimum Gasteiger partial charge on any atom is -0.267 e. The third-order valence-electron chi connectivity index (χ3n) is 4.18.